The summed E-state index contributed by atoms with van der Waals surface area (Å²) in [6, 6.07) is 9.77. The summed E-state index contributed by atoms with van der Waals surface area (Å²) in [5, 5.41) is 1.73. The van der Waals surface area contributed by atoms with Crippen molar-refractivity contribution in [1.29, 1.82) is 0 Å². The van der Waals surface area contributed by atoms with Gasteiger partial charge in [-0.05, 0) is 36.4 Å². The molecule has 2 nitrogen and oxygen atoms in total. The lowest BCUT2D eigenvalue weighted by atomic mass is 10.3. The van der Waals surface area contributed by atoms with Crippen LogP contribution in [0.2, 0.25) is 20.1 Å². The highest BCUT2D eigenvalue weighted by Gasteiger charge is 2.05. The molecule has 2 aromatic carbocycles. The molecule has 0 saturated carbocycles. The average Bonchev–Trinajstić information content (AvgIpc) is 2.38. The monoisotopic (exact) mass is 333 g/mol. The second kappa shape index (κ2) is 6.62. The van der Waals surface area contributed by atoms with Gasteiger partial charge in [0.25, 0.3) is 0 Å². The summed E-state index contributed by atoms with van der Waals surface area (Å²) in [6.45, 7) is 0. The van der Waals surface area contributed by atoms with E-state index in [2.05, 4.69) is 0 Å². The van der Waals surface area contributed by atoms with Gasteiger partial charge in [0.05, 0.1) is 20.1 Å². The third-order valence-electron chi connectivity index (χ3n) is 2.15. The van der Waals surface area contributed by atoms with E-state index >= 15 is 0 Å². The molecule has 0 heterocycles. The zero-order chi connectivity index (χ0) is 13.8. The van der Waals surface area contributed by atoms with Gasteiger partial charge in [0, 0.05) is 0 Å². The van der Waals surface area contributed by atoms with Crippen LogP contribution >= 0.6 is 46.4 Å². The Morgan fingerprint density at radius 3 is 1.42 bits per heavy atom. The van der Waals surface area contributed by atoms with E-state index in [1.807, 2.05) is 0 Å². The SMILES string of the molecule is Clc1ccc(O[B]Oc2ccc(Cl)c(Cl)c2)cc1Cl. The van der Waals surface area contributed by atoms with Crippen molar-refractivity contribution >= 4 is 54.1 Å². The molecule has 0 N–H and O–H groups in total. The molecule has 2 aromatic rings. The van der Waals surface area contributed by atoms with Gasteiger partial charge >= 0.3 is 7.69 Å². The lowest BCUT2D eigenvalue weighted by molar-refractivity contribution is 0.459. The van der Waals surface area contributed by atoms with Crippen LogP contribution in [0.5, 0.6) is 11.5 Å². The number of benzene rings is 2. The molecule has 19 heavy (non-hydrogen) atoms. The predicted octanol–water partition coefficient (Wildman–Crippen LogP) is 5.29. The lowest BCUT2D eigenvalue weighted by Gasteiger charge is -2.07. The van der Waals surface area contributed by atoms with E-state index in [0.29, 0.717) is 31.6 Å². The molecule has 0 atom stereocenters. The quantitative estimate of drug-likeness (QED) is 0.707. The highest BCUT2D eigenvalue weighted by Crippen LogP contribution is 2.27. The molecule has 97 valence electrons. The van der Waals surface area contributed by atoms with Gasteiger partial charge in [0.2, 0.25) is 0 Å². The first-order valence-corrected chi connectivity index (χ1v) is 6.62. The van der Waals surface area contributed by atoms with Gasteiger partial charge in [-0.2, -0.15) is 0 Å². The van der Waals surface area contributed by atoms with Gasteiger partial charge in [-0.25, -0.2) is 0 Å². The number of hydrogen-bond donors (Lipinski definition) is 0. The maximum atomic E-state index is 5.85. The molecule has 1 radical (unpaired) electrons. The molecular formula is C12H6BCl4O2. The van der Waals surface area contributed by atoms with Crippen LogP contribution in [0.4, 0.5) is 0 Å². The van der Waals surface area contributed by atoms with Crippen molar-refractivity contribution in [2.24, 2.45) is 0 Å². The third kappa shape index (κ3) is 4.12. The molecule has 0 fully saturated rings. The Hall–Kier alpha value is -0.735. The normalized spacial score (nSPS) is 10.1. The minimum atomic E-state index is 0.405. The van der Waals surface area contributed by atoms with Gasteiger partial charge in [0.15, 0.2) is 0 Å². The lowest BCUT2D eigenvalue weighted by Crippen LogP contribution is -2.10. The summed E-state index contributed by atoms with van der Waals surface area (Å²) in [4.78, 5) is 0. The average molecular weight is 335 g/mol. The Morgan fingerprint density at radius 2 is 1.05 bits per heavy atom. The molecule has 0 aromatic heterocycles. The van der Waals surface area contributed by atoms with Crippen LogP contribution in [0.15, 0.2) is 36.4 Å². The topological polar surface area (TPSA) is 18.5 Å². The molecule has 0 spiro atoms. The van der Waals surface area contributed by atoms with E-state index in [1.54, 1.807) is 36.4 Å². The van der Waals surface area contributed by atoms with E-state index in [1.165, 1.54) is 7.69 Å². The van der Waals surface area contributed by atoms with Crippen molar-refractivity contribution in [3.05, 3.63) is 56.5 Å². The maximum Gasteiger partial charge on any atom is 0.658 e. The Bertz CT molecular complexity index is 540. The summed E-state index contributed by atoms with van der Waals surface area (Å²) in [6.07, 6.45) is 0. The second-order valence-electron chi connectivity index (χ2n) is 3.48. The van der Waals surface area contributed by atoms with E-state index in [-0.39, 0.29) is 0 Å². The van der Waals surface area contributed by atoms with E-state index < -0.39 is 0 Å². The number of rotatable bonds is 4. The Balaban J connectivity index is 1.92. The number of hydrogen-bond acceptors (Lipinski definition) is 2. The van der Waals surface area contributed by atoms with Gasteiger partial charge in [-0.3, -0.25) is 0 Å². The van der Waals surface area contributed by atoms with Crippen LogP contribution < -0.4 is 9.31 Å². The standard InChI is InChI=1S/C12H6BCl4O2/c14-9-3-1-7(5-11(9)16)18-13-19-8-2-4-10(15)12(17)6-8/h1-6H. The van der Waals surface area contributed by atoms with Crippen molar-refractivity contribution < 1.29 is 9.31 Å². The molecule has 0 saturated heterocycles. The highest BCUT2D eigenvalue weighted by atomic mass is 35.5. The molecule has 2 rings (SSSR count). The fourth-order valence-electron chi connectivity index (χ4n) is 1.24. The largest absolute Gasteiger partial charge is 0.658 e. The first-order chi connectivity index (χ1) is 9.06. The maximum absolute atomic E-state index is 5.85. The van der Waals surface area contributed by atoms with Crippen molar-refractivity contribution in [1.82, 2.24) is 0 Å². The second-order valence-corrected chi connectivity index (χ2v) is 5.11. The summed E-state index contributed by atoms with van der Waals surface area (Å²) in [7, 11) is 1.17. The van der Waals surface area contributed by atoms with Crippen LogP contribution in [0, 0.1) is 0 Å². The minimum Gasteiger partial charge on any atom is -0.526 e. The van der Waals surface area contributed by atoms with Crippen molar-refractivity contribution in [2.45, 2.75) is 0 Å². The highest BCUT2D eigenvalue weighted by molar-refractivity contribution is 6.42. The molecule has 7 heteroatoms. The summed E-state index contributed by atoms with van der Waals surface area (Å²) < 4.78 is 10.5. The molecule has 0 aliphatic carbocycles. The van der Waals surface area contributed by atoms with Crippen LogP contribution in [0.1, 0.15) is 0 Å². The van der Waals surface area contributed by atoms with Crippen LogP contribution in [0.3, 0.4) is 0 Å². The molecule has 0 amide bonds. The van der Waals surface area contributed by atoms with Crippen LogP contribution in [0.25, 0.3) is 0 Å². The fraction of sp³-hybridized carbons (Fsp3) is 0. The van der Waals surface area contributed by atoms with Gasteiger partial charge in [-0.15, -0.1) is 0 Å². The Labute approximate surface area is 131 Å². The van der Waals surface area contributed by atoms with E-state index in [0.717, 1.165) is 0 Å². The Morgan fingerprint density at radius 1 is 0.632 bits per heavy atom. The van der Waals surface area contributed by atoms with Crippen LogP contribution in [-0.4, -0.2) is 7.69 Å². The van der Waals surface area contributed by atoms with E-state index in [9.17, 15) is 0 Å². The number of halogens is 4. The van der Waals surface area contributed by atoms with E-state index in [4.69, 9.17) is 55.7 Å². The zero-order valence-electron chi connectivity index (χ0n) is 9.37. The fourth-order valence-corrected chi connectivity index (χ4v) is 1.81. The minimum absolute atomic E-state index is 0.405. The summed E-state index contributed by atoms with van der Waals surface area (Å²) in [5.74, 6) is 1.02. The Kier molecular flexibility index (Phi) is 5.11. The first kappa shape index (κ1) is 14.7. The zero-order valence-corrected chi connectivity index (χ0v) is 12.4. The molecule has 0 bridgehead atoms. The molecule has 0 aliphatic rings. The first-order valence-electron chi connectivity index (χ1n) is 5.11. The van der Waals surface area contributed by atoms with Crippen molar-refractivity contribution in [2.75, 3.05) is 0 Å². The third-order valence-corrected chi connectivity index (χ3v) is 3.63. The predicted molar refractivity (Wildman–Crippen MR) is 79.9 cm³/mol. The molecule has 0 unspecified atom stereocenters. The van der Waals surface area contributed by atoms with Crippen LogP contribution in [-0.2, 0) is 0 Å². The van der Waals surface area contributed by atoms with Crippen molar-refractivity contribution in [3.63, 3.8) is 0 Å². The van der Waals surface area contributed by atoms with Crippen molar-refractivity contribution in [3.8, 4) is 11.5 Å². The molecule has 0 aliphatic heterocycles. The van der Waals surface area contributed by atoms with Gasteiger partial charge in [-0.1, -0.05) is 46.4 Å². The summed E-state index contributed by atoms with van der Waals surface area (Å²) >= 11 is 23.3. The van der Waals surface area contributed by atoms with Gasteiger partial charge in [0.1, 0.15) is 11.5 Å². The smallest absolute Gasteiger partial charge is 0.526 e. The molecular weight excluding hydrogens is 329 g/mol. The van der Waals surface area contributed by atoms with Gasteiger partial charge < -0.3 is 9.31 Å². The summed E-state index contributed by atoms with van der Waals surface area (Å²) in [5.41, 5.74) is 0.